The maximum atomic E-state index is 12.8. The number of morpholine rings is 1. The fourth-order valence-electron chi connectivity index (χ4n) is 3.42. The average Bonchev–Trinajstić information content (AvgIpc) is 2.79. The molecule has 1 aromatic rings. The molecule has 0 spiro atoms. The molecule has 7 heteroatoms. The van der Waals surface area contributed by atoms with Gasteiger partial charge in [-0.2, -0.15) is 0 Å². The van der Waals surface area contributed by atoms with Gasteiger partial charge < -0.3 is 15.0 Å². The van der Waals surface area contributed by atoms with Crippen molar-refractivity contribution in [1.29, 1.82) is 0 Å². The predicted molar refractivity (Wildman–Crippen MR) is 90.6 cm³/mol. The number of hydrogen-bond donors (Lipinski definition) is 1. The van der Waals surface area contributed by atoms with Crippen LogP contribution in [-0.2, 0) is 19.9 Å². The highest BCUT2D eigenvalue weighted by Gasteiger charge is 2.49. The lowest BCUT2D eigenvalue weighted by molar-refractivity contribution is -0.146. The van der Waals surface area contributed by atoms with Crippen molar-refractivity contribution >= 4 is 17.8 Å². The van der Waals surface area contributed by atoms with Crippen LogP contribution >= 0.6 is 0 Å². The fourth-order valence-corrected chi connectivity index (χ4v) is 3.42. The zero-order valence-corrected chi connectivity index (χ0v) is 14.7. The fraction of sp³-hybridized carbons (Fsp3) is 0.500. The third-order valence-corrected chi connectivity index (χ3v) is 4.69. The zero-order chi connectivity index (χ0) is 18.2. The van der Waals surface area contributed by atoms with Gasteiger partial charge in [-0.3, -0.25) is 14.5 Å². The normalized spacial score (nSPS) is 29.7. The van der Waals surface area contributed by atoms with Crippen LogP contribution in [-0.4, -0.2) is 59.5 Å². The quantitative estimate of drug-likeness (QED) is 0.832. The number of amides is 4. The number of benzene rings is 1. The van der Waals surface area contributed by atoms with Gasteiger partial charge >= 0.3 is 6.03 Å². The largest absolute Gasteiger partial charge is 0.372 e. The van der Waals surface area contributed by atoms with Crippen molar-refractivity contribution in [3.05, 3.63) is 35.9 Å². The average molecular weight is 345 g/mol. The Hall–Kier alpha value is -2.41. The number of nitrogens with zero attached hydrogens (tertiary/aromatic N) is 2. The Kier molecular flexibility index (Phi) is 4.51. The Balaban J connectivity index is 1.74. The van der Waals surface area contributed by atoms with Crippen LogP contribution in [0, 0.1) is 0 Å². The molecule has 2 aliphatic rings. The molecule has 1 N–H and O–H groups in total. The highest BCUT2D eigenvalue weighted by Crippen LogP contribution is 2.28. The third-order valence-electron chi connectivity index (χ3n) is 4.69. The smallest absolute Gasteiger partial charge is 0.325 e. The van der Waals surface area contributed by atoms with Crippen molar-refractivity contribution in [3.8, 4) is 0 Å². The Morgan fingerprint density at radius 3 is 2.40 bits per heavy atom. The van der Waals surface area contributed by atoms with E-state index in [0.717, 1.165) is 4.90 Å². The molecule has 0 bridgehead atoms. The van der Waals surface area contributed by atoms with E-state index in [1.54, 1.807) is 24.0 Å². The van der Waals surface area contributed by atoms with Gasteiger partial charge in [-0.25, -0.2) is 4.79 Å². The summed E-state index contributed by atoms with van der Waals surface area (Å²) in [6.07, 6.45) is -0.129. The molecule has 2 aliphatic heterocycles. The molecule has 2 saturated heterocycles. The number of imide groups is 1. The van der Waals surface area contributed by atoms with Crippen LogP contribution < -0.4 is 5.32 Å². The molecule has 7 nitrogen and oxygen atoms in total. The summed E-state index contributed by atoms with van der Waals surface area (Å²) in [6.45, 7) is 6.12. The summed E-state index contributed by atoms with van der Waals surface area (Å²) < 4.78 is 5.62. The van der Waals surface area contributed by atoms with Crippen LogP contribution in [0.25, 0.3) is 0 Å². The minimum absolute atomic E-state index is 0.0645. The summed E-state index contributed by atoms with van der Waals surface area (Å²) in [4.78, 5) is 40.4. The summed E-state index contributed by atoms with van der Waals surface area (Å²) in [7, 11) is 0. The number of carbonyl (C=O) groups excluding carboxylic acids is 3. The van der Waals surface area contributed by atoms with Crippen molar-refractivity contribution < 1.29 is 19.1 Å². The second-order valence-corrected chi connectivity index (χ2v) is 6.87. The molecule has 0 radical (unpaired) electrons. The second-order valence-electron chi connectivity index (χ2n) is 6.87. The molecule has 3 rings (SSSR count). The van der Waals surface area contributed by atoms with E-state index in [1.807, 2.05) is 32.0 Å². The van der Waals surface area contributed by atoms with E-state index in [2.05, 4.69) is 5.32 Å². The molecule has 3 atom stereocenters. The summed E-state index contributed by atoms with van der Waals surface area (Å²) in [6, 6.07) is 8.49. The van der Waals surface area contributed by atoms with Crippen LogP contribution in [0.4, 0.5) is 4.79 Å². The molecule has 2 fully saturated rings. The van der Waals surface area contributed by atoms with Crippen LogP contribution in [0.15, 0.2) is 30.3 Å². The Labute approximate surface area is 146 Å². The van der Waals surface area contributed by atoms with Crippen molar-refractivity contribution in [2.75, 3.05) is 19.6 Å². The van der Waals surface area contributed by atoms with Crippen molar-refractivity contribution in [3.63, 3.8) is 0 Å². The van der Waals surface area contributed by atoms with Crippen LogP contribution in [0.3, 0.4) is 0 Å². The lowest BCUT2D eigenvalue weighted by atomic mass is 9.92. The van der Waals surface area contributed by atoms with Gasteiger partial charge in [0, 0.05) is 13.1 Å². The maximum Gasteiger partial charge on any atom is 0.325 e. The number of carbonyl (C=O) groups is 3. The number of ether oxygens (including phenoxy) is 1. The molecular formula is C18H23N3O4. The van der Waals surface area contributed by atoms with Gasteiger partial charge in [0.2, 0.25) is 5.91 Å². The maximum absolute atomic E-state index is 12.8. The predicted octanol–water partition coefficient (Wildman–Crippen LogP) is 1.09. The van der Waals surface area contributed by atoms with Gasteiger partial charge in [-0.05, 0) is 26.3 Å². The molecular weight excluding hydrogens is 322 g/mol. The minimum atomic E-state index is -1.15. The highest BCUT2D eigenvalue weighted by atomic mass is 16.5. The molecule has 134 valence electrons. The van der Waals surface area contributed by atoms with Gasteiger partial charge in [-0.1, -0.05) is 30.3 Å². The van der Waals surface area contributed by atoms with E-state index < -0.39 is 17.5 Å². The highest BCUT2D eigenvalue weighted by molar-refractivity contribution is 6.09. The second kappa shape index (κ2) is 6.48. The molecule has 0 aliphatic carbocycles. The SMILES string of the molecule is C[C@H]1CN(C(=O)CN2C(=O)N[C@](C)(c3ccccc3)C2=O)C[C@H](C)O1. The molecule has 25 heavy (non-hydrogen) atoms. The van der Waals surface area contributed by atoms with E-state index in [0.29, 0.717) is 18.7 Å². The summed E-state index contributed by atoms with van der Waals surface area (Å²) in [5.41, 5.74) is -0.457. The van der Waals surface area contributed by atoms with E-state index in [4.69, 9.17) is 4.74 Å². The van der Waals surface area contributed by atoms with Gasteiger partial charge in [0.05, 0.1) is 12.2 Å². The third kappa shape index (κ3) is 3.24. The Bertz CT molecular complexity index is 683. The number of rotatable bonds is 3. The molecule has 0 unspecified atom stereocenters. The van der Waals surface area contributed by atoms with E-state index >= 15 is 0 Å². The molecule has 0 aromatic heterocycles. The van der Waals surface area contributed by atoms with E-state index in [-0.39, 0.29) is 24.7 Å². The van der Waals surface area contributed by atoms with Gasteiger partial charge in [0.25, 0.3) is 5.91 Å². The van der Waals surface area contributed by atoms with Crippen molar-refractivity contribution in [2.45, 2.75) is 38.5 Å². The van der Waals surface area contributed by atoms with Gasteiger partial charge in [0.1, 0.15) is 12.1 Å². The van der Waals surface area contributed by atoms with Crippen molar-refractivity contribution in [1.82, 2.24) is 15.1 Å². The summed E-state index contributed by atoms with van der Waals surface area (Å²) >= 11 is 0. The monoisotopic (exact) mass is 345 g/mol. The zero-order valence-electron chi connectivity index (χ0n) is 14.7. The van der Waals surface area contributed by atoms with Crippen LogP contribution in [0.5, 0.6) is 0 Å². The first-order valence-electron chi connectivity index (χ1n) is 8.44. The van der Waals surface area contributed by atoms with E-state index in [1.165, 1.54) is 0 Å². The lowest BCUT2D eigenvalue weighted by Gasteiger charge is -2.35. The van der Waals surface area contributed by atoms with Gasteiger partial charge in [-0.15, -0.1) is 0 Å². The molecule has 4 amide bonds. The molecule has 1 aromatic carbocycles. The number of nitrogens with one attached hydrogen (secondary N) is 1. The first-order chi connectivity index (χ1) is 11.8. The Morgan fingerprint density at radius 1 is 1.20 bits per heavy atom. The standard InChI is InChI=1S/C18H23N3O4/c1-12-9-20(10-13(2)25-12)15(22)11-21-16(23)18(3,19-17(21)24)14-7-5-4-6-8-14/h4-8,12-13H,9-11H2,1-3H3,(H,19,24)/t12-,13-,18+/m0/s1. The molecule has 2 heterocycles. The summed E-state index contributed by atoms with van der Waals surface area (Å²) in [5.74, 6) is -0.658. The topological polar surface area (TPSA) is 79.0 Å². The Morgan fingerprint density at radius 2 is 1.80 bits per heavy atom. The van der Waals surface area contributed by atoms with Crippen LogP contribution in [0.1, 0.15) is 26.3 Å². The number of hydrogen-bond acceptors (Lipinski definition) is 4. The van der Waals surface area contributed by atoms with Gasteiger partial charge in [0.15, 0.2) is 0 Å². The minimum Gasteiger partial charge on any atom is -0.372 e. The number of urea groups is 1. The van der Waals surface area contributed by atoms with Crippen molar-refractivity contribution in [2.24, 2.45) is 0 Å². The first kappa shape index (κ1) is 17.4. The molecule has 0 saturated carbocycles. The lowest BCUT2D eigenvalue weighted by Crippen LogP contribution is -2.52. The first-order valence-corrected chi connectivity index (χ1v) is 8.44. The van der Waals surface area contributed by atoms with E-state index in [9.17, 15) is 14.4 Å². The summed E-state index contributed by atoms with van der Waals surface area (Å²) in [5, 5.41) is 2.71. The van der Waals surface area contributed by atoms with Crippen LogP contribution in [0.2, 0.25) is 0 Å².